The Morgan fingerprint density at radius 1 is 1.30 bits per heavy atom. The van der Waals surface area contributed by atoms with Crippen LogP contribution in [-0.2, 0) is 0 Å². The molecule has 1 fully saturated rings. The smallest absolute Gasteiger partial charge is 0.160 e. The maximum absolute atomic E-state index is 14.2. The predicted molar refractivity (Wildman–Crippen MR) is 79.1 cm³/mol. The fraction of sp³-hybridized carbons (Fsp3) is 0.562. The fourth-order valence-corrected chi connectivity index (χ4v) is 2.98. The van der Waals surface area contributed by atoms with Crippen LogP contribution in [0, 0.1) is 5.82 Å². The Balaban J connectivity index is 1.94. The normalized spacial score (nSPS) is 22.3. The summed E-state index contributed by atoms with van der Waals surface area (Å²) in [7, 11) is 0. The van der Waals surface area contributed by atoms with Gasteiger partial charge in [0.05, 0.1) is 5.56 Å². The third kappa shape index (κ3) is 2.39. The quantitative estimate of drug-likeness (QED) is 0.895. The van der Waals surface area contributed by atoms with Crippen molar-refractivity contribution in [3.05, 3.63) is 35.1 Å². The summed E-state index contributed by atoms with van der Waals surface area (Å²) in [6.45, 7) is 5.21. The first-order valence-electron chi connectivity index (χ1n) is 7.56. The summed E-state index contributed by atoms with van der Waals surface area (Å²) in [5, 5.41) is 4.41. The third-order valence-corrected chi connectivity index (χ3v) is 4.24. The van der Waals surface area contributed by atoms with Gasteiger partial charge in [0.1, 0.15) is 12.0 Å². The number of hydrogen-bond acceptors (Lipinski definition) is 3. The predicted octanol–water partition coefficient (Wildman–Crippen LogP) is 3.42. The number of nitrogens with one attached hydrogen (secondary N) is 1. The first-order chi connectivity index (χ1) is 9.66. The van der Waals surface area contributed by atoms with Gasteiger partial charge in [-0.25, -0.2) is 4.39 Å². The van der Waals surface area contributed by atoms with E-state index in [9.17, 15) is 4.39 Å². The van der Waals surface area contributed by atoms with E-state index in [0.29, 0.717) is 11.5 Å². The summed E-state index contributed by atoms with van der Waals surface area (Å²) in [6.07, 6.45) is 4.94. The van der Waals surface area contributed by atoms with Gasteiger partial charge in [-0.05, 0) is 42.9 Å². The minimum atomic E-state index is -0.181. The number of halogens is 1. The van der Waals surface area contributed by atoms with Gasteiger partial charge < -0.3 is 4.90 Å². The highest BCUT2D eigenvalue weighted by Crippen LogP contribution is 2.25. The highest BCUT2D eigenvalue weighted by atomic mass is 19.1. The van der Waals surface area contributed by atoms with Crippen molar-refractivity contribution in [1.29, 1.82) is 0 Å². The molecule has 0 amide bonds. The number of nitrogens with zero attached hydrogens (tertiary/aromatic N) is 2. The SMILES string of the molecule is CC(C)c1ccc(F)c(C2=NNC3CCCCCN23)c1. The molecule has 0 bridgehead atoms. The van der Waals surface area contributed by atoms with E-state index in [-0.39, 0.29) is 12.0 Å². The van der Waals surface area contributed by atoms with Gasteiger partial charge in [0.2, 0.25) is 0 Å². The molecular weight excluding hydrogens is 253 g/mol. The van der Waals surface area contributed by atoms with Gasteiger partial charge in [-0.15, -0.1) is 0 Å². The highest BCUT2D eigenvalue weighted by molar-refractivity contribution is 6.00. The molecule has 108 valence electrons. The second-order valence-electron chi connectivity index (χ2n) is 6.02. The maximum atomic E-state index is 14.2. The monoisotopic (exact) mass is 275 g/mol. The average Bonchev–Trinajstić information content (AvgIpc) is 2.68. The van der Waals surface area contributed by atoms with Crippen LogP contribution in [-0.4, -0.2) is 23.4 Å². The van der Waals surface area contributed by atoms with E-state index in [1.165, 1.54) is 12.8 Å². The maximum Gasteiger partial charge on any atom is 0.160 e. The van der Waals surface area contributed by atoms with Crippen LogP contribution in [0.15, 0.2) is 23.3 Å². The summed E-state index contributed by atoms with van der Waals surface area (Å²) >= 11 is 0. The first-order valence-corrected chi connectivity index (χ1v) is 7.56. The summed E-state index contributed by atoms with van der Waals surface area (Å²) in [5.41, 5.74) is 4.96. The van der Waals surface area contributed by atoms with Crippen molar-refractivity contribution in [2.24, 2.45) is 5.10 Å². The molecule has 1 aromatic carbocycles. The standard InChI is InChI=1S/C16H22FN3/c1-11(2)12-7-8-14(17)13(10-12)16-19-18-15-6-4-3-5-9-20(15)16/h7-8,10-11,15,18H,3-6,9H2,1-2H3. The van der Waals surface area contributed by atoms with Gasteiger partial charge in [-0.3, -0.25) is 5.43 Å². The van der Waals surface area contributed by atoms with Crippen LogP contribution in [0.25, 0.3) is 0 Å². The van der Waals surface area contributed by atoms with Gasteiger partial charge in [-0.2, -0.15) is 5.10 Å². The van der Waals surface area contributed by atoms with E-state index < -0.39 is 0 Å². The van der Waals surface area contributed by atoms with Crippen molar-refractivity contribution in [1.82, 2.24) is 10.3 Å². The minimum absolute atomic E-state index is 0.181. The van der Waals surface area contributed by atoms with Crippen molar-refractivity contribution in [2.45, 2.75) is 51.6 Å². The second kappa shape index (κ2) is 5.43. The summed E-state index contributed by atoms with van der Waals surface area (Å²) < 4.78 is 14.2. The lowest BCUT2D eigenvalue weighted by atomic mass is 10.00. The molecule has 0 aliphatic carbocycles. The summed E-state index contributed by atoms with van der Waals surface area (Å²) in [6, 6.07) is 5.39. The van der Waals surface area contributed by atoms with E-state index >= 15 is 0 Å². The molecule has 1 saturated heterocycles. The topological polar surface area (TPSA) is 27.6 Å². The number of hydrazone groups is 1. The largest absolute Gasteiger partial charge is 0.333 e. The zero-order valence-electron chi connectivity index (χ0n) is 12.2. The summed E-state index contributed by atoms with van der Waals surface area (Å²) in [5.74, 6) is 0.987. The molecular formula is C16H22FN3. The lowest BCUT2D eigenvalue weighted by molar-refractivity contribution is 0.304. The van der Waals surface area contributed by atoms with E-state index in [1.807, 2.05) is 12.1 Å². The molecule has 1 atom stereocenters. The van der Waals surface area contributed by atoms with Gasteiger partial charge in [0.25, 0.3) is 0 Å². The number of rotatable bonds is 2. The Bertz CT molecular complexity index is 524. The van der Waals surface area contributed by atoms with Gasteiger partial charge in [-0.1, -0.05) is 26.3 Å². The van der Waals surface area contributed by atoms with Crippen LogP contribution >= 0.6 is 0 Å². The molecule has 1 N–H and O–H groups in total. The van der Waals surface area contributed by atoms with E-state index in [4.69, 9.17) is 0 Å². The number of amidine groups is 1. The summed E-state index contributed by atoms with van der Waals surface area (Å²) in [4.78, 5) is 2.23. The molecule has 0 radical (unpaired) electrons. The molecule has 1 unspecified atom stereocenters. The van der Waals surface area contributed by atoms with Crippen LogP contribution in [0.3, 0.4) is 0 Å². The molecule has 20 heavy (non-hydrogen) atoms. The molecule has 3 rings (SSSR count). The van der Waals surface area contributed by atoms with Gasteiger partial charge in [0.15, 0.2) is 5.84 Å². The molecule has 2 heterocycles. The van der Waals surface area contributed by atoms with E-state index in [0.717, 1.165) is 30.8 Å². The average molecular weight is 275 g/mol. The van der Waals surface area contributed by atoms with Crippen LogP contribution in [0.5, 0.6) is 0 Å². The number of hydrogen-bond donors (Lipinski definition) is 1. The third-order valence-electron chi connectivity index (χ3n) is 4.24. The number of benzene rings is 1. The fourth-order valence-electron chi connectivity index (χ4n) is 2.98. The highest BCUT2D eigenvalue weighted by Gasteiger charge is 2.30. The lowest BCUT2D eigenvalue weighted by Gasteiger charge is -2.25. The Labute approximate surface area is 119 Å². The molecule has 4 heteroatoms. The van der Waals surface area contributed by atoms with Crippen molar-refractivity contribution < 1.29 is 4.39 Å². The molecule has 0 spiro atoms. The van der Waals surface area contributed by atoms with Crippen molar-refractivity contribution in [3.8, 4) is 0 Å². The van der Waals surface area contributed by atoms with Crippen LogP contribution in [0.1, 0.15) is 56.6 Å². The Kier molecular flexibility index (Phi) is 3.64. The van der Waals surface area contributed by atoms with Crippen LogP contribution in [0.4, 0.5) is 4.39 Å². The van der Waals surface area contributed by atoms with Gasteiger partial charge in [0, 0.05) is 6.54 Å². The van der Waals surface area contributed by atoms with Crippen LogP contribution < -0.4 is 5.43 Å². The zero-order valence-corrected chi connectivity index (χ0v) is 12.2. The molecule has 0 aromatic heterocycles. The Morgan fingerprint density at radius 2 is 2.15 bits per heavy atom. The van der Waals surface area contributed by atoms with Gasteiger partial charge >= 0.3 is 0 Å². The zero-order chi connectivity index (χ0) is 14.1. The first kappa shape index (κ1) is 13.4. The molecule has 2 aliphatic heterocycles. The van der Waals surface area contributed by atoms with E-state index in [2.05, 4.69) is 29.3 Å². The Hall–Kier alpha value is -1.58. The lowest BCUT2D eigenvalue weighted by Crippen LogP contribution is -2.40. The van der Waals surface area contributed by atoms with Crippen molar-refractivity contribution in [2.75, 3.05) is 6.54 Å². The molecule has 3 nitrogen and oxygen atoms in total. The van der Waals surface area contributed by atoms with Crippen molar-refractivity contribution in [3.63, 3.8) is 0 Å². The van der Waals surface area contributed by atoms with Crippen molar-refractivity contribution >= 4 is 5.84 Å². The molecule has 0 saturated carbocycles. The second-order valence-corrected chi connectivity index (χ2v) is 6.02. The van der Waals surface area contributed by atoms with E-state index in [1.54, 1.807) is 6.07 Å². The number of fused-ring (bicyclic) bond motifs is 1. The molecule has 2 aliphatic rings. The molecule has 1 aromatic rings. The Morgan fingerprint density at radius 3 is 2.95 bits per heavy atom. The van der Waals surface area contributed by atoms with Crippen LogP contribution in [0.2, 0.25) is 0 Å². The minimum Gasteiger partial charge on any atom is -0.333 e.